The molecule has 4 nitrogen and oxygen atoms in total. The van der Waals surface area contributed by atoms with Crippen LogP contribution in [0.25, 0.3) is 0 Å². The van der Waals surface area contributed by atoms with Crippen LogP contribution < -0.4 is 0 Å². The summed E-state index contributed by atoms with van der Waals surface area (Å²) in [5, 5.41) is 31.4. The molecule has 0 spiro atoms. The van der Waals surface area contributed by atoms with Gasteiger partial charge in [-0.2, -0.15) is 0 Å². The van der Waals surface area contributed by atoms with Crippen molar-refractivity contribution in [3.63, 3.8) is 0 Å². The maximum Gasteiger partial charge on any atom is 0.198 e. The molecule has 31 heavy (non-hydrogen) atoms. The molecule has 5 rings (SSSR count). The average Bonchev–Trinajstić information content (AvgIpc) is 3.46. The van der Waals surface area contributed by atoms with E-state index in [2.05, 4.69) is 43.9 Å². The third-order valence-corrected chi connectivity index (χ3v) is 6.88. The second-order valence-electron chi connectivity index (χ2n) is 8.75. The van der Waals surface area contributed by atoms with Crippen LogP contribution in [-0.2, 0) is 6.42 Å². The molecule has 3 aliphatic carbocycles. The lowest BCUT2D eigenvalue weighted by molar-refractivity contribution is 0.359. The third kappa shape index (κ3) is 3.14. The Bertz CT molecular complexity index is 1140. The zero-order valence-electron chi connectivity index (χ0n) is 17.6. The van der Waals surface area contributed by atoms with E-state index in [1.54, 1.807) is 22.8 Å². The fraction of sp³-hybridized carbons (Fsp3) is 0.259. The number of allylic oxidation sites excluding steroid dienone is 9. The Morgan fingerprint density at radius 3 is 2.26 bits per heavy atom. The topological polar surface area (TPSA) is 65.6 Å². The summed E-state index contributed by atoms with van der Waals surface area (Å²) in [7, 11) is 0. The van der Waals surface area contributed by atoms with Crippen molar-refractivity contribution in [2.24, 2.45) is 0 Å². The van der Waals surface area contributed by atoms with Crippen LogP contribution >= 0.6 is 0 Å². The lowest BCUT2D eigenvalue weighted by Gasteiger charge is -2.22. The molecule has 4 heteroatoms. The summed E-state index contributed by atoms with van der Waals surface area (Å²) in [6.45, 7) is 6.11. The molecule has 1 aromatic carbocycles. The van der Waals surface area contributed by atoms with E-state index >= 15 is 0 Å². The van der Waals surface area contributed by atoms with Gasteiger partial charge < -0.3 is 15.3 Å². The van der Waals surface area contributed by atoms with E-state index in [1.807, 2.05) is 12.1 Å². The van der Waals surface area contributed by atoms with Crippen molar-refractivity contribution in [2.75, 3.05) is 0 Å². The first kappa shape index (κ1) is 19.6. The second kappa shape index (κ2) is 7.38. The van der Waals surface area contributed by atoms with Gasteiger partial charge in [-0.15, -0.1) is 6.58 Å². The van der Waals surface area contributed by atoms with Crippen LogP contribution in [0.15, 0.2) is 84.0 Å². The molecule has 3 aliphatic rings. The van der Waals surface area contributed by atoms with E-state index in [1.165, 1.54) is 11.1 Å². The maximum absolute atomic E-state index is 11.0. The quantitative estimate of drug-likeness (QED) is 0.533. The Hall–Kier alpha value is -3.40. The van der Waals surface area contributed by atoms with Crippen molar-refractivity contribution in [1.29, 1.82) is 0 Å². The molecule has 158 valence electrons. The number of fused-ring (bicyclic) bond motifs is 5. The molecule has 0 aliphatic heterocycles. The molecule has 2 aromatic rings. The molecule has 0 radical (unpaired) electrons. The van der Waals surface area contributed by atoms with Gasteiger partial charge >= 0.3 is 0 Å². The Balaban J connectivity index is 1.39. The lowest BCUT2D eigenvalue weighted by atomic mass is 9.92. The minimum absolute atomic E-state index is 0.161. The molecule has 1 aromatic heterocycles. The Morgan fingerprint density at radius 1 is 1.06 bits per heavy atom. The first-order valence-electron chi connectivity index (χ1n) is 10.8. The van der Waals surface area contributed by atoms with Gasteiger partial charge in [0.25, 0.3) is 0 Å². The average molecular weight is 414 g/mol. The Labute approximate surface area is 182 Å². The molecule has 1 heterocycles. The van der Waals surface area contributed by atoms with Gasteiger partial charge in [-0.05, 0) is 55.0 Å². The molecule has 0 saturated heterocycles. The van der Waals surface area contributed by atoms with Gasteiger partial charge in [0.1, 0.15) is 5.75 Å². The van der Waals surface area contributed by atoms with Crippen molar-refractivity contribution < 1.29 is 15.3 Å². The van der Waals surface area contributed by atoms with Crippen LogP contribution in [0.5, 0.6) is 17.5 Å². The van der Waals surface area contributed by atoms with Crippen LogP contribution in [0.2, 0.25) is 0 Å². The first-order valence-corrected chi connectivity index (χ1v) is 10.8. The number of aromatic hydroxyl groups is 3. The van der Waals surface area contributed by atoms with Crippen LogP contribution in [0.1, 0.15) is 54.3 Å². The minimum Gasteiger partial charge on any atom is -0.508 e. The van der Waals surface area contributed by atoms with E-state index in [0.717, 1.165) is 41.5 Å². The van der Waals surface area contributed by atoms with E-state index in [0.29, 0.717) is 0 Å². The van der Waals surface area contributed by atoms with Crippen molar-refractivity contribution in [2.45, 2.75) is 44.1 Å². The van der Waals surface area contributed by atoms with E-state index in [-0.39, 0.29) is 35.4 Å². The van der Waals surface area contributed by atoms with Gasteiger partial charge in [-0.1, -0.05) is 54.2 Å². The van der Waals surface area contributed by atoms with Crippen molar-refractivity contribution in [1.82, 2.24) is 4.57 Å². The molecular formula is C27H27NO3. The summed E-state index contributed by atoms with van der Waals surface area (Å²) in [5.74, 6) is 0.999. The summed E-state index contributed by atoms with van der Waals surface area (Å²) in [4.78, 5) is 0. The van der Waals surface area contributed by atoms with Crippen molar-refractivity contribution in [3.05, 3.63) is 101 Å². The van der Waals surface area contributed by atoms with Gasteiger partial charge in [0.2, 0.25) is 0 Å². The number of rotatable bonds is 5. The number of aromatic nitrogens is 1. The van der Waals surface area contributed by atoms with Crippen molar-refractivity contribution in [3.8, 4) is 17.5 Å². The summed E-state index contributed by atoms with van der Waals surface area (Å²) in [6.07, 6.45) is 14.9. The molecule has 3 N–H and O–H groups in total. The molecule has 0 saturated carbocycles. The fourth-order valence-electron chi connectivity index (χ4n) is 5.24. The number of benzene rings is 1. The van der Waals surface area contributed by atoms with E-state index < -0.39 is 0 Å². The predicted octanol–water partition coefficient (Wildman–Crippen LogP) is 5.92. The molecule has 0 fully saturated rings. The highest BCUT2D eigenvalue weighted by atomic mass is 16.3. The predicted molar refractivity (Wildman–Crippen MR) is 123 cm³/mol. The Morgan fingerprint density at radius 2 is 1.71 bits per heavy atom. The Kier molecular flexibility index (Phi) is 4.66. The largest absolute Gasteiger partial charge is 0.508 e. The fourth-order valence-corrected chi connectivity index (χ4v) is 5.24. The smallest absolute Gasteiger partial charge is 0.198 e. The van der Waals surface area contributed by atoms with Gasteiger partial charge in [-0.3, -0.25) is 4.57 Å². The number of nitrogens with zero attached hydrogens (tertiary/aromatic N) is 1. The first-order chi connectivity index (χ1) is 15.0. The highest BCUT2D eigenvalue weighted by Gasteiger charge is 2.42. The number of phenolic OH excluding ortho intramolecular Hbond substituents is 1. The molecule has 2 bridgehead atoms. The normalized spacial score (nSPS) is 23.6. The number of hydrogen-bond acceptors (Lipinski definition) is 3. The van der Waals surface area contributed by atoms with Gasteiger partial charge in [0.15, 0.2) is 11.8 Å². The SMILES string of the molecule is C=CC(C1=CCC(=C(C)Cc2ccc(O)cc2)C=C1)n1c(O)c2c(c1O)C1C=CC2C1. The highest BCUT2D eigenvalue weighted by Crippen LogP contribution is 2.57. The molecular weight excluding hydrogens is 386 g/mol. The zero-order valence-corrected chi connectivity index (χ0v) is 17.6. The lowest BCUT2D eigenvalue weighted by Crippen LogP contribution is -2.10. The van der Waals surface area contributed by atoms with Crippen LogP contribution in [0, 0.1) is 0 Å². The van der Waals surface area contributed by atoms with Gasteiger partial charge in [0, 0.05) is 23.0 Å². The van der Waals surface area contributed by atoms with Crippen LogP contribution in [0.4, 0.5) is 0 Å². The summed E-state index contributed by atoms with van der Waals surface area (Å²) >= 11 is 0. The van der Waals surface area contributed by atoms with Crippen molar-refractivity contribution >= 4 is 0 Å². The van der Waals surface area contributed by atoms with Gasteiger partial charge in [-0.25, -0.2) is 0 Å². The summed E-state index contributed by atoms with van der Waals surface area (Å²) < 4.78 is 1.62. The monoisotopic (exact) mass is 413 g/mol. The maximum atomic E-state index is 11.0. The summed E-state index contributed by atoms with van der Waals surface area (Å²) in [5.41, 5.74) is 6.46. The van der Waals surface area contributed by atoms with Crippen LogP contribution in [0.3, 0.4) is 0 Å². The standard InChI is InChI=1S/C27H27NO3/c1-3-23(28-26(30)24-20-10-11-21(15-20)25(24)27(28)31)19-8-6-18(7-9-19)16(2)14-17-4-12-22(29)13-5-17/h3-6,8-13,20-21,23,29-31H,1,7,14-15H2,2H3. The molecule has 3 atom stereocenters. The van der Waals surface area contributed by atoms with E-state index in [4.69, 9.17) is 0 Å². The summed E-state index contributed by atoms with van der Waals surface area (Å²) in [6, 6.07) is 7.00. The highest BCUT2D eigenvalue weighted by molar-refractivity contribution is 5.60. The molecule has 0 amide bonds. The second-order valence-corrected chi connectivity index (χ2v) is 8.75. The third-order valence-electron chi connectivity index (χ3n) is 6.88. The zero-order chi connectivity index (χ0) is 21.7. The minimum atomic E-state index is -0.319. The van der Waals surface area contributed by atoms with E-state index in [9.17, 15) is 15.3 Å². The van der Waals surface area contributed by atoms with Crippen LogP contribution in [-0.4, -0.2) is 19.9 Å². The number of phenols is 1. The van der Waals surface area contributed by atoms with Gasteiger partial charge in [0.05, 0.1) is 6.04 Å². The molecule has 3 unspecified atom stereocenters. The number of hydrogen-bond donors (Lipinski definition) is 3.